The predicted molar refractivity (Wildman–Crippen MR) is 115 cm³/mol. The molecule has 3 aliphatic carbocycles. The molecule has 2 fully saturated rings. The summed E-state index contributed by atoms with van der Waals surface area (Å²) in [5, 5.41) is 9.88. The fraction of sp³-hybridized carbons (Fsp3) is 0.760. The van der Waals surface area contributed by atoms with Crippen LogP contribution < -0.4 is 0 Å². The molecular formula is C25H39NO2. The number of benzene rings is 1. The van der Waals surface area contributed by atoms with Crippen LogP contribution in [0.5, 0.6) is 5.75 Å². The van der Waals surface area contributed by atoms with Gasteiger partial charge in [-0.2, -0.15) is 0 Å². The Morgan fingerprint density at radius 3 is 2.82 bits per heavy atom. The number of aromatic hydroxyl groups is 1. The van der Waals surface area contributed by atoms with Gasteiger partial charge in [-0.3, -0.25) is 0 Å². The molecule has 0 spiro atoms. The minimum absolute atomic E-state index is 0.432. The molecule has 6 atom stereocenters. The molecule has 0 heterocycles. The summed E-state index contributed by atoms with van der Waals surface area (Å²) in [5.74, 6) is 4.31. The number of aryl methyl sites for hydroxylation is 1. The zero-order valence-corrected chi connectivity index (χ0v) is 18.3. The van der Waals surface area contributed by atoms with Crippen molar-refractivity contribution in [1.82, 2.24) is 4.90 Å². The molecule has 0 aliphatic heterocycles. The molecule has 4 unspecified atom stereocenters. The Morgan fingerprint density at radius 1 is 1.21 bits per heavy atom. The van der Waals surface area contributed by atoms with Crippen molar-refractivity contribution in [3.8, 4) is 5.75 Å². The normalized spacial score (nSPS) is 35.3. The number of rotatable bonds is 6. The largest absolute Gasteiger partial charge is 0.508 e. The smallest absolute Gasteiger partial charge is 0.115 e. The average Bonchev–Trinajstić information content (AvgIpc) is 3.01. The zero-order valence-electron chi connectivity index (χ0n) is 18.3. The first-order valence-electron chi connectivity index (χ1n) is 11.4. The monoisotopic (exact) mass is 385 g/mol. The number of hydrogen-bond acceptors (Lipinski definition) is 3. The van der Waals surface area contributed by atoms with Crippen LogP contribution >= 0.6 is 0 Å². The molecule has 28 heavy (non-hydrogen) atoms. The van der Waals surface area contributed by atoms with Crippen molar-refractivity contribution in [2.75, 3.05) is 33.9 Å². The Kier molecular flexibility index (Phi) is 5.77. The molecule has 4 rings (SSSR count). The first kappa shape index (κ1) is 20.2. The van der Waals surface area contributed by atoms with Crippen LogP contribution in [0, 0.1) is 29.1 Å². The summed E-state index contributed by atoms with van der Waals surface area (Å²) in [7, 11) is 4.22. The van der Waals surface area contributed by atoms with E-state index in [9.17, 15) is 5.11 Å². The highest BCUT2D eigenvalue weighted by Crippen LogP contribution is 2.64. The van der Waals surface area contributed by atoms with Crippen LogP contribution in [0.25, 0.3) is 0 Å². The minimum Gasteiger partial charge on any atom is -0.508 e. The van der Waals surface area contributed by atoms with E-state index in [1.807, 2.05) is 12.1 Å². The Balaban J connectivity index is 1.44. The fourth-order valence-corrected chi connectivity index (χ4v) is 7.18. The summed E-state index contributed by atoms with van der Waals surface area (Å²) in [6.07, 6.45) is 7.90. The van der Waals surface area contributed by atoms with Gasteiger partial charge in [0.25, 0.3) is 0 Å². The number of phenols is 1. The molecule has 0 bridgehead atoms. The van der Waals surface area contributed by atoms with Crippen molar-refractivity contribution < 1.29 is 9.84 Å². The third-order valence-corrected chi connectivity index (χ3v) is 8.53. The molecule has 3 heteroatoms. The van der Waals surface area contributed by atoms with Crippen molar-refractivity contribution in [1.29, 1.82) is 0 Å². The molecule has 0 amide bonds. The number of ether oxygens (including phenoxy) is 1. The maximum absolute atomic E-state index is 9.88. The van der Waals surface area contributed by atoms with E-state index in [2.05, 4.69) is 38.9 Å². The highest BCUT2D eigenvalue weighted by molar-refractivity contribution is 5.40. The van der Waals surface area contributed by atoms with Gasteiger partial charge in [-0.05, 0) is 111 Å². The summed E-state index contributed by atoms with van der Waals surface area (Å²) in [4.78, 5) is 2.19. The molecule has 1 aromatic rings. The molecule has 1 N–H and O–H groups in total. The highest BCUT2D eigenvalue weighted by Gasteiger charge is 2.55. The molecule has 0 aromatic heterocycles. The second-order valence-electron chi connectivity index (χ2n) is 10.4. The SMILES string of the molecule is C[C@@H](COCCN(C)C)[C@H]1CCC2C3CCc4cc(O)ccc4C3CCC21C. The first-order valence-corrected chi connectivity index (χ1v) is 11.4. The van der Waals surface area contributed by atoms with Crippen molar-refractivity contribution in [3.63, 3.8) is 0 Å². The maximum atomic E-state index is 9.88. The Hall–Kier alpha value is -1.06. The summed E-state index contributed by atoms with van der Waals surface area (Å²) in [6, 6.07) is 6.14. The van der Waals surface area contributed by atoms with Crippen LogP contribution in [-0.4, -0.2) is 43.9 Å². The molecule has 1 aromatic carbocycles. The lowest BCUT2D eigenvalue weighted by Gasteiger charge is -2.52. The molecule has 3 aliphatic rings. The molecule has 3 nitrogen and oxygen atoms in total. The van der Waals surface area contributed by atoms with Gasteiger partial charge in [0.15, 0.2) is 0 Å². The molecule has 156 valence electrons. The molecule has 2 saturated carbocycles. The van der Waals surface area contributed by atoms with Crippen molar-refractivity contribution in [3.05, 3.63) is 29.3 Å². The average molecular weight is 386 g/mol. The van der Waals surface area contributed by atoms with E-state index in [4.69, 9.17) is 4.74 Å². The van der Waals surface area contributed by atoms with Gasteiger partial charge < -0.3 is 14.7 Å². The third-order valence-electron chi connectivity index (χ3n) is 8.53. The molecule has 0 saturated heterocycles. The van der Waals surface area contributed by atoms with Gasteiger partial charge >= 0.3 is 0 Å². The summed E-state index contributed by atoms with van der Waals surface area (Å²) in [6.45, 7) is 7.80. The van der Waals surface area contributed by atoms with Crippen molar-refractivity contribution >= 4 is 0 Å². The number of hydrogen-bond donors (Lipinski definition) is 1. The number of nitrogens with zero attached hydrogens (tertiary/aromatic N) is 1. The van der Waals surface area contributed by atoms with Gasteiger partial charge in [-0.25, -0.2) is 0 Å². The molecule has 0 radical (unpaired) electrons. The van der Waals surface area contributed by atoms with E-state index >= 15 is 0 Å². The third kappa shape index (κ3) is 3.61. The van der Waals surface area contributed by atoms with Gasteiger partial charge in [-0.15, -0.1) is 0 Å². The Morgan fingerprint density at radius 2 is 2.04 bits per heavy atom. The van der Waals surface area contributed by atoms with Gasteiger partial charge in [0, 0.05) is 13.2 Å². The van der Waals surface area contributed by atoms with E-state index in [1.54, 1.807) is 5.56 Å². The van der Waals surface area contributed by atoms with Gasteiger partial charge in [0.05, 0.1) is 6.61 Å². The lowest BCUT2D eigenvalue weighted by Crippen LogP contribution is -2.44. The van der Waals surface area contributed by atoms with Crippen LogP contribution in [0.4, 0.5) is 0 Å². The van der Waals surface area contributed by atoms with E-state index < -0.39 is 0 Å². The predicted octanol–water partition coefficient (Wildman–Crippen LogP) is 5.08. The van der Waals surface area contributed by atoms with Crippen LogP contribution in [0.1, 0.15) is 63.0 Å². The fourth-order valence-electron chi connectivity index (χ4n) is 7.18. The van der Waals surface area contributed by atoms with Crippen LogP contribution in [0.2, 0.25) is 0 Å². The standard InChI is InChI=1S/C25H39NO2/c1-17(16-28-14-13-26(3)4)23-9-10-24-22-7-5-18-15-19(27)6-8-20(18)21(22)11-12-25(23,24)2/h6,8,15,17,21-24,27H,5,7,9-14,16H2,1-4H3/t17-,21?,22?,23+,24?,25?/m0/s1. The summed E-state index contributed by atoms with van der Waals surface area (Å²) >= 11 is 0. The van der Waals surface area contributed by atoms with E-state index in [-0.39, 0.29) is 0 Å². The number of fused-ring (bicyclic) bond motifs is 5. The van der Waals surface area contributed by atoms with Crippen molar-refractivity contribution in [2.45, 2.75) is 58.3 Å². The Labute approximate surface area is 171 Å². The zero-order chi connectivity index (χ0) is 19.9. The highest BCUT2D eigenvalue weighted by atomic mass is 16.5. The lowest BCUT2D eigenvalue weighted by molar-refractivity contribution is -0.0111. The van der Waals surface area contributed by atoms with Gasteiger partial charge in [-0.1, -0.05) is 19.9 Å². The van der Waals surface area contributed by atoms with E-state index in [1.165, 1.54) is 37.7 Å². The topological polar surface area (TPSA) is 32.7 Å². The van der Waals surface area contributed by atoms with E-state index in [0.29, 0.717) is 23.0 Å². The second-order valence-corrected chi connectivity index (χ2v) is 10.4. The maximum Gasteiger partial charge on any atom is 0.115 e. The van der Waals surface area contributed by atoms with Gasteiger partial charge in [0.1, 0.15) is 5.75 Å². The lowest BCUT2D eigenvalue weighted by atomic mass is 9.53. The second kappa shape index (κ2) is 7.99. The van der Waals surface area contributed by atoms with Crippen LogP contribution in [0.15, 0.2) is 18.2 Å². The van der Waals surface area contributed by atoms with E-state index in [0.717, 1.165) is 43.9 Å². The minimum atomic E-state index is 0.432. The summed E-state index contributed by atoms with van der Waals surface area (Å²) in [5.41, 5.74) is 3.43. The number of likely N-dealkylation sites (N-methyl/N-ethyl adjacent to an activating group) is 1. The van der Waals surface area contributed by atoms with Crippen molar-refractivity contribution in [2.24, 2.45) is 29.1 Å². The number of phenolic OH excluding ortho intramolecular Hbond substituents is 1. The quantitative estimate of drug-likeness (QED) is 0.693. The van der Waals surface area contributed by atoms with Crippen LogP contribution in [0.3, 0.4) is 0 Å². The van der Waals surface area contributed by atoms with Gasteiger partial charge in [0.2, 0.25) is 0 Å². The molecular weight excluding hydrogens is 346 g/mol. The first-order chi connectivity index (χ1) is 13.4. The Bertz CT molecular complexity index is 687. The summed E-state index contributed by atoms with van der Waals surface area (Å²) < 4.78 is 6.04. The van der Waals surface area contributed by atoms with Crippen LogP contribution in [-0.2, 0) is 11.2 Å².